The predicted octanol–water partition coefficient (Wildman–Crippen LogP) is 5.37. The first kappa shape index (κ1) is 18.3. The first-order valence-corrected chi connectivity index (χ1v) is 9.76. The Labute approximate surface area is 167 Å². The van der Waals surface area contributed by atoms with Gasteiger partial charge in [0.2, 0.25) is 0 Å². The normalized spacial score (nSPS) is 10.8. The molecule has 140 valence electrons. The van der Waals surface area contributed by atoms with Crippen molar-refractivity contribution in [2.45, 2.75) is 10.9 Å². The van der Waals surface area contributed by atoms with Crippen LogP contribution in [0.2, 0.25) is 0 Å². The van der Waals surface area contributed by atoms with Crippen LogP contribution in [0.1, 0.15) is 5.56 Å². The predicted molar refractivity (Wildman–Crippen MR) is 109 cm³/mol. The molecule has 3 aromatic carbocycles. The number of hydrogen-bond acceptors (Lipinski definition) is 4. The topological polar surface area (TPSA) is 39.9 Å². The third-order valence-corrected chi connectivity index (χ3v) is 5.26. The summed E-state index contributed by atoms with van der Waals surface area (Å²) >= 11 is 1.51. The van der Waals surface area contributed by atoms with Gasteiger partial charge in [-0.1, -0.05) is 66.4 Å². The number of methoxy groups -OCH3 is 1. The van der Waals surface area contributed by atoms with Crippen molar-refractivity contribution in [3.8, 4) is 22.8 Å². The lowest BCUT2D eigenvalue weighted by Gasteiger charge is -2.10. The monoisotopic (exact) mass is 391 g/mol. The molecule has 6 heteroatoms. The Balaban J connectivity index is 1.67. The second-order valence-electron chi connectivity index (χ2n) is 6.10. The van der Waals surface area contributed by atoms with Gasteiger partial charge >= 0.3 is 0 Å². The minimum atomic E-state index is -0.366. The lowest BCUT2D eigenvalue weighted by atomic mass is 10.2. The molecule has 0 fully saturated rings. The van der Waals surface area contributed by atoms with Crippen LogP contribution < -0.4 is 4.74 Å². The van der Waals surface area contributed by atoms with E-state index in [1.807, 2.05) is 71.3 Å². The minimum absolute atomic E-state index is 0.243. The van der Waals surface area contributed by atoms with E-state index < -0.39 is 0 Å². The fourth-order valence-electron chi connectivity index (χ4n) is 2.89. The van der Waals surface area contributed by atoms with E-state index in [2.05, 4.69) is 10.2 Å². The fourth-order valence-corrected chi connectivity index (χ4v) is 3.79. The van der Waals surface area contributed by atoms with Crippen LogP contribution in [-0.4, -0.2) is 21.9 Å². The van der Waals surface area contributed by atoms with Crippen LogP contribution in [0, 0.1) is 5.82 Å². The van der Waals surface area contributed by atoms with Crippen molar-refractivity contribution >= 4 is 11.8 Å². The third-order valence-electron chi connectivity index (χ3n) is 4.26. The molecule has 4 rings (SSSR count). The van der Waals surface area contributed by atoms with Crippen molar-refractivity contribution in [2.75, 3.05) is 7.11 Å². The molecule has 0 aliphatic carbocycles. The Morgan fingerprint density at radius 3 is 2.32 bits per heavy atom. The van der Waals surface area contributed by atoms with Crippen LogP contribution in [-0.2, 0) is 5.75 Å². The molecule has 1 heterocycles. The smallest absolute Gasteiger partial charge is 0.196 e. The molecule has 0 N–H and O–H groups in total. The summed E-state index contributed by atoms with van der Waals surface area (Å²) in [5, 5.41) is 9.57. The Morgan fingerprint density at radius 1 is 0.929 bits per heavy atom. The van der Waals surface area contributed by atoms with Crippen LogP contribution >= 0.6 is 11.8 Å². The van der Waals surface area contributed by atoms with Crippen LogP contribution in [0.25, 0.3) is 17.1 Å². The van der Waals surface area contributed by atoms with Crippen molar-refractivity contribution in [1.82, 2.24) is 14.8 Å². The van der Waals surface area contributed by atoms with E-state index in [1.165, 1.54) is 24.9 Å². The molecule has 0 aliphatic rings. The van der Waals surface area contributed by atoms with Crippen LogP contribution in [0.15, 0.2) is 84.0 Å². The molecule has 0 aliphatic heterocycles. The molecule has 0 unspecified atom stereocenters. The van der Waals surface area contributed by atoms with Gasteiger partial charge in [-0.15, -0.1) is 10.2 Å². The molecule has 4 nitrogen and oxygen atoms in total. The number of benzene rings is 3. The van der Waals surface area contributed by atoms with Gasteiger partial charge in [-0.25, -0.2) is 4.39 Å². The second-order valence-corrected chi connectivity index (χ2v) is 7.04. The third kappa shape index (κ3) is 3.77. The van der Waals surface area contributed by atoms with Crippen molar-refractivity contribution in [3.05, 3.63) is 90.2 Å². The Morgan fingerprint density at radius 2 is 1.64 bits per heavy atom. The maximum absolute atomic E-state index is 14.0. The van der Waals surface area contributed by atoms with Gasteiger partial charge in [-0.05, 0) is 29.8 Å². The number of rotatable bonds is 6. The molecule has 0 radical (unpaired) electrons. The minimum Gasteiger partial charge on any atom is -0.494 e. The SMILES string of the molecule is COc1ccc(CSc2nnc(-c3ccccc3)n2-c2ccccc2)cc1F. The number of para-hydroxylation sites is 1. The van der Waals surface area contributed by atoms with Crippen molar-refractivity contribution in [3.63, 3.8) is 0 Å². The average molecular weight is 391 g/mol. The van der Waals surface area contributed by atoms with Crippen molar-refractivity contribution < 1.29 is 9.13 Å². The summed E-state index contributed by atoms with van der Waals surface area (Å²) < 4.78 is 21.0. The molecule has 0 amide bonds. The standard InChI is InChI=1S/C22H18FN3OS/c1-27-20-13-12-16(14-19(20)23)15-28-22-25-24-21(17-8-4-2-5-9-17)26(22)18-10-6-3-7-11-18/h2-14H,15H2,1H3. The van der Waals surface area contributed by atoms with Gasteiger partial charge < -0.3 is 4.74 Å². The summed E-state index contributed by atoms with van der Waals surface area (Å²) in [6, 6.07) is 24.9. The fraction of sp³-hybridized carbons (Fsp3) is 0.0909. The number of hydrogen-bond donors (Lipinski definition) is 0. The molecular weight excluding hydrogens is 373 g/mol. The molecule has 0 saturated heterocycles. The maximum atomic E-state index is 14.0. The van der Waals surface area contributed by atoms with E-state index in [4.69, 9.17) is 4.74 Å². The van der Waals surface area contributed by atoms with Gasteiger partial charge in [0.25, 0.3) is 0 Å². The van der Waals surface area contributed by atoms with E-state index in [-0.39, 0.29) is 11.6 Å². The summed E-state index contributed by atoms with van der Waals surface area (Å²) in [4.78, 5) is 0. The van der Waals surface area contributed by atoms with Crippen LogP contribution in [0.5, 0.6) is 5.75 Å². The number of thioether (sulfide) groups is 1. The first-order valence-electron chi connectivity index (χ1n) is 8.78. The lowest BCUT2D eigenvalue weighted by Crippen LogP contribution is -1.99. The molecule has 0 atom stereocenters. The summed E-state index contributed by atoms with van der Waals surface area (Å²) in [6.45, 7) is 0. The van der Waals surface area contributed by atoms with Crippen molar-refractivity contribution in [1.29, 1.82) is 0 Å². The number of ether oxygens (including phenoxy) is 1. The molecule has 4 aromatic rings. The van der Waals surface area contributed by atoms with Gasteiger partial charge in [0.05, 0.1) is 7.11 Å². The Kier molecular flexibility index (Phi) is 5.39. The van der Waals surface area contributed by atoms with Crippen molar-refractivity contribution in [2.24, 2.45) is 0 Å². The zero-order valence-electron chi connectivity index (χ0n) is 15.2. The summed E-state index contributed by atoms with van der Waals surface area (Å²) in [5.74, 6) is 1.22. The van der Waals surface area contributed by atoms with E-state index in [1.54, 1.807) is 6.07 Å². The molecular formula is C22H18FN3OS. The van der Waals surface area contributed by atoms with E-state index in [9.17, 15) is 4.39 Å². The van der Waals surface area contributed by atoms with Gasteiger partial charge in [0.1, 0.15) is 0 Å². The summed E-state index contributed by atoms with van der Waals surface area (Å²) in [5.41, 5.74) is 2.82. The highest BCUT2D eigenvalue weighted by Crippen LogP contribution is 2.30. The molecule has 0 spiro atoms. The Hall–Kier alpha value is -3.12. The average Bonchev–Trinajstić information content (AvgIpc) is 3.17. The first-order chi connectivity index (χ1) is 13.8. The van der Waals surface area contributed by atoms with Gasteiger partial charge in [0, 0.05) is 17.0 Å². The largest absolute Gasteiger partial charge is 0.494 e. The van der Waals surface area contributed by atoms with E-state index in [0.717, 1.165) is 27.8 Å². The molecule has 1 aromatic heterocycles. The quantitative estimate of drug-likeness (QED) is 0.414. The highest BCUT2D eigenvalue weighted by atomic mass is 32.2. The second kappa shape index (κ2) is 8.27. The molecule has 0 saturated carbocycles. The van der Waals surface area contributed by atoms with Gasteiger partial charge in [0.15, 0.2) is 22.5 Å². The van der Waals surface area contributed by atoms with Crippen LogP contribution in [0.4, 0.5) is 4.39 Å². The lowest BCUT2D eigenvalue weighted by molar-refractivity contribution is 0.386. The number of halogens is 1. The highest BCUT2D eigenvalue weighted by Gasteiger charge is 2.16. The van der Waals surface area contributed by atoms with E-state index in [0.29, 0.717) is 5.75 Å². The highest BCUT2D eigenvalue weighted by molar-refractivity contribution is 7.98. The number of nitrogens with zero attached hydrogens (tertiary/aromatic N) is 3. The zero-order valence-corrected chi connectivity index (χ0v) is 16.1. The summed E-state index contributed by atoms with van der Waals surface area (Å²) in [6.07, 6.45) is 0. The molecule has 28 heavy (non-hydrogen) atoms. The van der Waals surface area contributed by atoms with E-state index >= 15 is 0 Å². The Bertz CT molecular complexity index is 1070. The molecule has 0 bridgehead atoms. The van der Waals surface area contributed by atoms with Crippen LogP contribution in [0.3, 0.4) is 0 Å². The maximum Gasteiger partial charge on any atom is 0.196 e. The number of aromatic nitrogens is 3. The van der Waals surface area contributed by atoms with Gasteiger partial charge in [-0.3, -0.25) is 4.57 Å². The summed E-state index contributed by atoms with van der Waals surface area (Å²) in [7, 11) is 1.46. The van der Waals surface area contributed by atoms with Gasteiger partial charge in [-0.2, -0.15) is 0 Å². The zero-order chi connectivity index (χ0) is 19.3.